The Morgan fingerprint density at radius 1 is 1.23 bits per heavy atom. The van der Waals surface area contributed by atoms with Crippen LogP contribution in [0, 0.1) is 0 Å². The number of nitrogens with zero attached hydrogens (tertiary/aromatic N) is 3. The lowest BCUT2D eigenvalue weighted by Gasteiger charge is -2.36. The molecule has 3 aliphatic rings. The zero-order valence-electron chi connectivity index (χ0n) is 21.2. The van der Waals surface area contributed by atoms with Crippen LogP contribution in [0.5, 0.6) is 0 Å². The Labute approximate surface area is 228 Å². The summed E-state index contributed by atoms with van der Waals surface area (Å²) < 4.78 is 72.6. The second-order valence-electron chi connectivity index (χ2n) is 10.1. The molecule has 1 atom stereocenters. The molecule has 13 heteroatoms. The maximum Gasteiger partial charge on any atom is 0.420 e. The highest BCUT2D eigenvalue weighted by Crippen LogP contribution is 2.46. The lowest BCUT2D eigenvalue weighted by atomic mass is 10.1. The lowest BCUT2D eigenvalue weighted by molar-refractivity contribution is -0.137. The van der Waals surface area contributed by atoms with E-state index in [1.807, 2.05) is 12.1 Å². The molecule has 39 heavy (non-hydrogen) atoms. The average molecular weight is 580 g/mol. The van der Waals surface area contributed by atoms with Crippen LogP contribution in [0.4, 0.5) is 30.5 Å². The molecule has 1 aliphatic carbocycles. The van der Waals surface area contributed by atoms with Gasteiger partial charge in [0.25, 0.3) is 0 Å². The molecule has 2 aliphatic heterocycles. The summed E-state index contributed by atoms with van der Waals surface area (Å²) >= 11 is 0.952. The quantitative estimate of drug-likeness (QED) is 0.439. The van der Waals surface area contributed by atoms with E-state index in [-0.39, 0.29) is 40.4 Å². The van der Waals surface area contributed by atoms with Gasteiger partial charge in [-0.3, -0.25) is 0 Å². The number of hydrogen-bond acceptors (Lipinski definition) is 9. The van der Waals surface area contributed by atoms with Gasteiger partial charge in [0, 0.05) is 48.1 Å². The smallest absolute Gasteiger partial charge is 0.375 e. The molecule has 4 heterocycles. The highest BCUT2D eigenvalue weighted by molar-refractivity contribution is 7.91. The molecule has 1 saturated carbocycles. The minimum absolute atomic E-state index is 0.00926. The van der Waals surface area contributed by atoms with Gasteiger partial charge in [-0.15, -0.1) is 11.3 Å². The number of halogens is 3. The summed E-state index contributed by atoms with van der Waals surface area (Å²) in [6.07, 6.45) is -1.86. The van der Waals surface area contributed by atoms with Crippen molar-refractivity contribution in [2.75, 3.05) is 42.2 Å². The molecule has 0 bridgehead atoms. The van der Waals surface area contributed by atoms with E-state index in [1.165, 1.54) is 6.07 Å². The number of alkyl halides is 3. The van der Waals surface area contributed by atoms with Crippen LogP contribution in [0.2, 0.25) is 0 Å². The fraction of sp³-hybridized carbons (Fsp3) is 0.462. The predicted octanol–water partition coefficient (Wildman–Crippen LogP) is 4.95. The molecule has 8 nitrogen and oxygen atoms in total. The van der Waals surface area contributed by atoms with Crippen LogP contribution in [0.15, 0.2) is 35.4 Å². The van der Waals surface area contributed by atoms with Crippen LogP contribution < -0.4 is 15.5 Å². The molecule has 0 spiro atoms. The van der Waals surface area contributed by atoms with Gasteiger partial charge in [0.15, 0.2) is 9.84 Å². The lowest BCUT2D eigenvalue weighted by Crippen LogP contribution is -2.49. The molecule has 2 fully saturated rings. The summed E-state index contributed by atoms with van der Waals surface area (Å²) in [6.45, 7) is 4.96. The third kappa shape index (κ3) is 5.37. The second-order valence-corrected chi connectivity index (χ2v) is 13.4. The molecule has 208 valence electrons. The summed E-state index contributed by atoms with van der Waals surface area (Å²) in [5.74, 6) is 0.176. The second kappa shape index (κ2) is 10.0. The SMILES string of the molecule is C[C@H]1CNCCN1c1ccc(Nc2ncc(C(F)(F)F)c(-c3cc4c(s3)COCCS4(=O)=O)n2)c(C2CC2)c1. The molecule has 2 aromatic heterocycles. The van der Waals surface area contributed by atoms with Crippen LogP contribution >= 0.6 is 11.3 Å². The molecule has 0 radical (unpaired) electrons. The summed E-state index contributed by atoms with van der Waals surface area (Å²) in [6, 6.07) is 7.75. The molecular weight excluding hydrogens is 551 g/mol. The Bertz CT molecular complexity index is 1500. The monoisotopic (exact) mass is 579 g/mol. The Morgan fingerprint density at radius 2 is 2.05 bits per heavy atom. The first-order chi connectivity index (χ1) is 18.6. The molecule has 3 aromatic rings. The Kier molecular flexibility index (Phi) is 6.81. The number of benzene rings is 1. The highest BCUT2D eigenvalue weighted by Gasteiger charge is 2.37. The van der Waals surface area contributed by atoms with Crippen molar-refractivity contribution in [2.24, 2.45) is 0 Å². The molecule has 6 rings (SSSR count). The third-order valence-electron chi connectivity index (χ3n) is 7.29. The summed E-state index contributed by atoms with van der Waals surface area (Å²) in [4.78, 5) is 11.1. The number of rotatable bonds is 5. The Hall–Kier alpha value is -2.74. The average Bonchev–Trinajstić information content (AvgIpc) is 3.66. The number of piperazine rings is 1. The predicted molar refractivity (Wildman–Crippen MR) is 143 cm³/mol. The van der Waals surface area contributed by atoms with Gasteiger partial charge in [-0.05, 0) is 55.5 Å². The van der Waals surface area contributed by atoms with E-state index in [2.05, 4.69) is 38.5 Å². The minimum Gasteiger partial charge on any atom is -0.375 e. The van der Waals surface area contributed by atoms with E-state index in [0.717, 1.165) is 66.9 Å². The molecular formula is C26H28F3N5O3S2. The van der Waals surface area contributed by atoms with Crippen molar-refractivity contribution in [1.29, 1.82) is 0 Å². The largest absolute Gasteiger partial charge is 0.420 e. The van der Waals surface area contributed by atoms with Crippen LogP contribution in [-0.2, 0) is 27.4 Å². The third-order valence-corrected chi connectivity index (χ3v) is 10.3. The molecule has 1 aromatic carbocycles. The van der Waals surface area contributed by atoms with E-state index in [0.29, 0.717) is 16.8 Å². The number of sulfone groups is 1. The van der Waals surface area contributed by atoms with Crippen molar-refractivity contribution in [1.82, 2.24) is 15.3 Å². The van der Waals surface area contributed by atoms with E-state index in [9.17, 15) is 21.6 Å². The standard InChI is InChI=1S/C26H28F3N5O3S2/c1-15-12-30-6-7-34(15)17-4-5-20(18(10-17)16-2-3-16)32-25-31-13-19(26(27,28)29)24(33-25)21-11-23-22(38-21)14-37-8-9-39(23,35)36/h4-5,10-11,13,15-16,30H,2-3,6-9,12,14H2,1H3,(H,31,32,33)/t15-/m0/s1. The maximum absolute atomic E-state index is 14.0. The zero-order chi connectivity index (χ0) is 27.4. The van der Waals surface area contributed by atoms with Crippen molar-refractivity contribution in [3.05, 3.63) is 46.5 Å². The number of ether oxygens (including phenoxy) is 1. The molecule has 0 amide bonds. The maximum atomic E-state index is 14.0. The van der Waals surface area contributed by atoms with Crippen molar-refractivity contribution in [3.63, 3.8) is 0 Å². The first kappa shape index (κ1) is 26.5. The molecule has 1 saturated heterocycles. The number of thiophene rings is 1. The number of hydrogen-bond donors (Lipinski definition) is 2. The van der Waals surface area contributed by atoms with Crippen molar-refractivity contribution in [2.45, 2.75) is 49.4 Å². The van der Waals surface area contributed by atoms with Gasteiger partial charge < -0.3 is 20.3 Å². The topological polar surface area (TPSA) is 96.5 Å². The fourth-order valence-electron chi connectivity index (χ4n) is 5.09. The summed E-state index contributed by atoms with van der Waals surface area (Å²) in [7, 11) is -3.66. The van der Waals surface area contributed by atoms with Crippen molar-refractivity contribution in [3.8, 4) is 10.6 Å². The van der Waals surface area contributed by atoms with Crippen molar-refractivity contribution >= 4 is 38.5 Å². The number of anilines is 3. The Balaban J connectivity index is 1.37. The number of aromatic nitrogens is 2. The molecule has 0 unspecified atom stereocenters. The van der Waals surface area contributed by atoms with Crippen LogP contribution in [-0.4, -0.2) is 56.4 Å². The van der Waals surface area contributed by atoms with Gasteiger partial charge >= 0.3 is 6.18 Å². The normalized spacial score (nSPS) is 21.3. The van der Waals surface area contributed by atoms with Gasteiger partial charge in [-0.1, -0.05) is 0 Å². The zero-order valence-corrected chi connectivity index (χ0v) is 22.8. The number of fused-ring (bicyclic) bond motifs is 1. The molecule has 2 N–H and O–H groups in total. The van der Waals surface area contributed by atoms with E-state index >= 15 is 0 Å². The van der Waals surface area contributed by atoms with Gasteiger partial charge in [-0.2, -0.15) is 13.2 Å². The van der Waals surface area contributed by atoms with Crippen molar-refractivity contribution < 1.29 is 26.3 Å². The van der Waals surface area contributed by atoms with E-state index in [1.54, 1.807) is 0 Å². The summed E-state index contributed by atoms with van der Waals surface area (Å²) in [5, 5.41) is 6.55. The minimum atomic E-state index is -4.72. The van der Waals surface area contributed by atoms with Crippen LogP contribution in [0.1, 0.15) is 41.7 Å². The fourth-order valence-corrected chi connectivity index (χ4v) is 7.93. The first-order valence-corrected chi connectivity index (χ1v) is 15.3. The first-order valence-electron chi connectivity index (χ1n) is 12.9. The van der Waals surface area contributed by atoms with Gasteiger partial charge in [0.1, 0.15) is 5.56 Å². The highest BCUT2D eigenvalue weighted by atomic mass is 32.2. The van der Waals surface area contributed by atoms with Gasteiger partial charge in [0.2, 0.25) is 5.95 Å². The van der Waals surface area contributed by atoms with E-state index in [4.69, 9.17) is 4.74 Å². The number of nitrogens with one attached hydrogen (secondary N) is 2. The van der Waals surface area contributed by atoms with Gasteiger partial charge in [0.05, 0.1) is 34.4 Å². The van der Waals surface area contributed by atoms with Crippen LogP contribution in [0.25, 0.3) is 10.6 Å². The van der Waals surface area contributed by atoms with Crippen LogP contribution in [0.3, 0.4) is 0 Å². The van der Waals surface area contributed by atoms with Gasteiger partial charge in [-0.25, -0.2) is 18.4 Å². The van der Waals surface area contributed by atoms with E-state index < -0.39 is 21.6 Å². The Morgan fingerprint density at radius 3 is 2.79 bits per heavy atom. The summed E-state index contributed by atoms with van der Waals surface area (Å²) in [5.41, 5.74) is 1.59.